The molecule has 0 radical (unpaired) electrons. The average molecular weight is 353 g/mol. The van der Waals surface area contributed by atoms with Gasteiger partial charge in [0.1, 0.15) is 6.26 Å². The monoisotopic (exact) mass is 353 g/mol. The molecule has 0 unspecified atom stereocenters. The minimum Gasteiger partial charge on any atom is -0.448 e. The van der Waals surface area contributed by atoms with Crippen LogP contribution in [0.25, 0.3) is 0 Å². The lowest BCUT2D eigenvalue weighted by molar-refractivity contribution is -0.137. The van der Waals surface area contributed by atoms with Crippen LogP contribution >= 0.6 is 0 Å². The minimum absolute atomic E-state index is 0.0156. The molecule has 25 heavy (non-hydrogen) atoms. The first-order valence-corrected chi connectivity index (χ1v) is 8.04. The summed E-state index contributed by atoms with van der Waals surface area (Å²) in [7, 11) is 0. The van der Waals surface area contributed by atoms with Crippen molar-refractivity contribution in [2.45, 2.75) is 31.5 Å². The van der Waals surface area contributed by atoms with Gasteiger partial charge in [-0.3, -0.25) is 4.79 Å². The number of carbonyl (C=O) groups is 1. The van der Waals surface area contributed by atoms with E-state index < -0.39 is 17.6 Å². The number of carbonyl (C=O) groups excluding carboxylic acids is 1. The van der Waals surface area contributed by atoms with Gasteiger partial charge in [0, 0.05) is 12.5 Å². The molecule has 1 aliphatic rings. The Balaban J connectivity index is 1.60. The second-order valence-corrected chi connectivity index (χ2v) is 5.98. The van der Waals surface area contributed by atoms with Crippen LogP contribution in [0.5, 0.6) is 0 Å². The van der Waals surface area contributed by atoms with Crippen molar-refractivity contribution in [3.8, 4) is 0 Å². The number of benzene rings is 1. The van der Waals surface area contributed by atoms with Crippen LogP contribution in [-0.2, 0) is 12.7 Å². The summed E-state index contributed by atoms with van der Waals surface area (Å²) in [4.78, 5) is 16.3. The highest BCUT2D eigenvalue weighted by molar-refractivity contribution is 5.91. The van der Waals surface area contributed by atoms with Gasteiger partial charge in [-0.25, -0.2) is 4.98 Å². The van der Waals surface area contributed by atoms with Crippen LogP contribution in [0.15, 0.2) is 34.9 Å². The molecule has 1 aromatic carbocycles. The van der Waals surface area contributed by atoms with Gasteiger partial charge >= 0.3 is 6.18 Å². The zero-order valence-corrected chi connectivity index (χ0v) is 13.4. The maximum atomic E-state index is 12.7. The van der Waals surface area contributed by atoms with E-state index in [1.165, 1.54) is 18.4 Å². The first-order valence-electron chi connectivity index (χ1n) is 8.04. The quantitative estimate of drug-likeness (QED) is 0.886. The number of oxazole rings is 1. The lowest BCUT2D eigenvalue weighted by Gasteiger charge is -2.19. The number of alkyl halides is 3. The van der Waals surface area contributed by atoms with Crippen molar-refractivity contribution in [2.24, 2.45) is 0 Å². The average Bonchev–Trinajstić information content (AvgIpc) is 3.10. The molecule has 3 rings (SSSR count). The van der Waals surface area contributed by atoms with Crippen LogP contribution in [0.1, 0.15) is 46.3 Å². The van der Waals surface area contributed by atoms with Gasteiger partial charge < -0.3 is 15.1 Å². The van der Waals surface area contributed by atoms with E-state index in [-0.39, 0.29) is 18.2 Å². The zero-order chi connectivity index (χ0) is 17.9. The summed E-state index contributed by atoms with van der Waals surface area (Å²) in [5.41, 5.74) is -0.236. The van der Waals surface area contributed by atoms with Crippen LogP contribution in [0.2, 0.25) is 0 Å². The predicted molar refractivity (Wildman–Crippen MR) is 84.0 cm³/mol. The highest BCUT2D eigenvalue weighted by Gasteiger charge is 2.30. The number of nitrogens with zero attached hydrogens (tertiary/aromatic N) is 1. The molecule has 1 aliphatic heterocycles. The van der Waals surface area contributed by atoms with Gasteiger partial charge in [-0.15, -0.1) is 0 Å². The Morgan fingerprint density at radius 3 is 2.80 bits per heavy atom. The molecular formula is C17H18F3N3O2. The SMILES string of the molecule is O=C(NCc1cccc(C(F)(F)F)c1)c1coc(C2CCNCC2)n1. The molecule has 0 spiro atoms. The highest BCUT2D eigenvalue weighted by atomic mass is 19.4. The number of amides is 1. The first-order chi connectivity index (χ1) is 11.9. The normalized spacial score (nSPS) is 16.0. The fraction of sp³-hybridized carbons (Fsp3) is 0.412. The second-order valence-electron chi connectivity index (χ2n) is 5.98. The molecule has 0 aliphatic carbocycles. The Morgan fingerprint density at radius 2 is 2.08 bits per heavy atom. The molecule has 2 aromatic rings. The number of hydrogen-bond acceptors (Lipinski definition) is 4. The zero-order valence-electron chi connectivity index (χ0n) is 13.4. The van der Waals surface area contributed by atoms with E-state index in [9.17, 15) is 18.0 Å². The van der Waals surface area contributed by atoms with Crippen molar-refractivity contribution in [3.63, 3.8) is 0 Å². The number of aromatic nitrogens is 1. The van der Waals surface area contributed by atoms with E-state index >= 15 is 0 Å². The Labute approximate surface area is 142 Å². The smallest absolute Gasteiger partial charge is 0.416 e. The summed E-state index contributed by atoms with van der Waals surface area (Å²) in [6.07, 6.45) is -1.33. The minimum atomic E-state index is -4.41. The molecule has 1 fully saturated rings. The lowest BCUT2D eigenvalue weighted by atomic mass is 9.98. The van der Waals surface area contributed by atoms with Crippen LogP contribution in [0.4, 0.5) is 13.2 Å². The molecule has 2 N–H and O–H groups in total. The molecule has 1 amide bonds. The largest absolute Gasteiger partial charge is 0.448 e. The van der Waals surface area contributed by atoms with Crippen molar-refractivity contribution >= 4 is 5.91 Å². The van der Waals surface area contributed by atoms with Crippen molar-refractivity contribution in [2.75, 3.05) is 13.1 Å². The molecule has 8 heteroatoms. The summed E-state index contributed by atoms with van der Waals surface area (Å²) in [6.45, 7) is 1.74. The maximum Gasteiger partial charge on any atom is 0.416 e. The van der Waals surface area contributed by atoms with Crippen LogP contribution < -0.4 is 10.6 Å². The molecular weight excluding hydrogens is 335 g/mol. The first kappa shape index (κ1) is 17.5. The number of nitrogens with one attached hydrogen (secondary N) is 2. The topological polar surface area (TPSA) is 67.2 Å². The van der Waals surface area contributed by atoms with Gasteiger partial charge in [0.25, 0.3) is 5.91 Å². The molecule has 0 saturated carbocycles. The number of hydrogen-bond donors (Lipinski definition) is 2. The number of piperidine rings is 1. The van der Waals surface area contributed by atoms with Gasteiger partial charge in [-0.1, -0.05) is 12.1 Å². The van der Waals surface area contributed by atoms with Crippen molar-refractivity contribution in [1.82, 2.24) is 15.6 Å². The van der Waals surface area contributed by atoms with E-state index in [2.05, 4.69) is 15.6 Å². The molecule has 2 heterocycles. The van der Waals surface area contributed by atoms with E-state index in [1.54, 1.807) is 0 Å². The van der Waals surface area contributed by atoms with Crippen LogP contribution in [0, 0.1) is 0 Å². The van der Waals surface area contributed by atoms with E-state index in [0.717, 1.165) is 38.1 Å². The standard InChI is InChI=1S/C17H18F3N3O2/c18-17(19,20)13-3-1-2-11(8-13)9-22-15(24)14-10-25-16(23-14)12-4-6-21-7-5-12/h1-3,8,10,12,21H,4-7,9H2,(H,22,24). The van der Waals surface area contributed by atoms with E-state index in [1.807, 2.05) is 0 Å². The van der Waals surface area contributed by atoms with Crippen molar-refractivity contribution in [1.29, 1.82) is 0 Å². The third-order valence-corrected chi connectivity index (χ3v) is 4.15. The molecule has 5 nitrogen and oxygen atoms in total. The fourth-order valence-electron chi connectivity index (χ4n) is 2.78. The molecule has 1 saturated heterocycles. The van der Waals surface area contributed by atoms with Gasteiger partial charge in [-0.05, 0) is 43.6 Å². The third-order valence-electron chi connectivity index (χ3n) is 4.15. The molecule has 0 atom stereocenters. The summed E-state index contributed by atoms with van der Waals surface area (Å²) in [5, 5.41) is 5.81. The van der Waals surface area contributed by atoms with E-state index in [0.29, 0.717) is 11.5 Å². The van der Waals surface area contributed by atoms with Gasteiger partial charge in [-0.2, -0.15) is 13.2 Å². The number of rotatable bonds is 4. The third kappa shape index (κ3) is 4.39. The lowest BCUT2D eigenvalue weighted by Crippen LogP contribution is -2.27. The van der Waals surface area contributed by atoms with Crippen LogP contribution in [-0.4, -0.2) is 24.0 Å². The van der Waals surface area contributed by atoms with Crippen LogP contribution in [0.3, 0.4) is 0 Å². The second kappa shape index (κ2) is 7.26. The predicted octanol–water partition coefficient (Wildman–Crippen LogP) is 3.09. The van der Waals surface area contributed by atoms with Crippen molar-refractivity contribution in [3.05, 3.63) is 53.2 Å². The van der Waals surface area contributed by atoms with Crippen molar-refractivity contribution < 1.29 is 22.4 Å². The molecule has 134 valence electrons. The molecule has 1 aromatic heterocycles. The summed E-state index contributed by atoms with van der Waals surface area (Å²) in [5.74, 6) is 0.248. The summed E-state index contributed by atoms with van der Waals surface area (Å²) < 4.78 is 43.5. The summed E-state index contributed by atoms with van der Waals surface area (Å²) >= 11 is 0. The Bertz CT molecular complexity index is 737. The summed E-state index contributed by atoms with van der Waals surface area (Å²) in [6, 6.07) is 4.85. The molecule has 0 bridgehead atoms. The highest BCUT2D eigenvalue weighted by Crippen LogP contribution is 2.29. The van der Waals surface area contributed by atoms with Gasteiger partial charge in [0.05, 0.1) is 5.56 Å². The van der Waals surface area contributed by atoms with E-state index in [4.69, 9.17) is 4.42 Å². The maximum absolute atomic E-state index is 12.7. The Morgan fingerprint density at radius 1 is 1.32 bits per heavy atom. The van der Waals surface area contributed by atoms with Gasteiger partial charge in [0.15, 0.2) is 11.6 Å². The fourth-order valence-corrected chi connectivity index (χ4v) is 2.78. The van der Waals surface area contributed by atoms with Gasteiger partial charge in [0.2, 0.25) is 0 Å². The Kier molecular flexibility index (Phi) is 5.08. The Hall–Kier alpha value is -2.35. The number of halogens is 3.